The highest BCUT2D eigenvalue weighted by Crippen LogP contribution is 2.25. The number of carbonyl (C=O) groups excluding carboxylic acids is 1. The predicted molar refractivity (Wildman–Crippen MR) is 101 cm³/mol. The average Bonchev–Trinajstić information content (AvgIpc) is 2.98. The van der Waals surface area contributed by atoms with Crippen molar-refractivity contribution >= 4 is 17.6 Å². The number of carbonyl (C=O) groups is 2. The van der Waals surface area contributed by atoms with Gasteiger partial charge in [0.05, 0.1) is 22.5 Å². The van der Waals surface area contributed by atoms with Gasteiger partial charge in [-0.2, -0.15) is 0 Å². The first kappa shape index (κ1) is 18.6. The van der Waals surface area contributed by atoms with Gasteiger partial charge in [0, 0.05) is 18.3 Å². The fourth-order valence-electron chi connectivity index (χ4n) is 2.75. The quantitative estimate of drug-likeness (QED) is 0.686. The first-order chi connectivity index (χ1) is 12.7. The van der Waals surface area contributed by atoms with Gasteiger partial charge in [-0.05, 0) is 45.0 Å². The number of ether oxygens (including phenoxy) is 1. The number of hydrogen-bond acceptors (Lipinski definition) is 5. The number of nitrogens with zero attached hydrogens (tertiary/aromatic N) is 2. The predicted octanol–water partition coefficient (Wildman–Crippen LogP) is 3.11. The van der Waals surface area contributed by atoms with Gasteiger partial charge in [-0.1, -0.05) is 12.1 Å². The summed E-state index contributed by atoms with van der Waals surface area (Å²) < 4.78 is 7.18. The fraction of sp³-hybridized carbons (Fsp3) is 0.250. The number of pyridine rings is 1. The van der Waals surface area contributed by atoms with Crippen LogP contribution in [0, 0.1) is 0 Å². The molecule has 2 aromatic heterocycles. The number of carboxylic acid groups (broad SMARTS) is 1. The molecule has 3 aromatic rings. The third-order valence-electron chi connectivity index (χ3n) is 3.95. The maximum Gasteiger partial charge on any atom is 0.340 e. The summed E-state index contributed by atoms with van der Waals surface area (Å²) in [6.45, 7) is 5.63. The van der Waals surface area contributed by atoms with Gasteiger partial charge >= 0.3 is 11.9 Å². The highest BCUT2D eigenvalue weighted by Gasteiger charge is 2.20. The molecule has 1 aromatic carbocycles. The minimum atomic E-state index is -0.988. The number of aromatic nitrogens is 2. The minimum Gasteiger partial charge on any atom is -0.478 e. The lowest BCUT2D eigenvalue weighted by molar-refractivity contribution is 0.00687. The van der Waals surface area contributed by atoms with Gasteiger partial charge in [-0.15, -0.1) is 0 Å². The molecular weight excluding hydrogens is 346 g/mol. The Hall–Kier alpha value is -3.19. The topological polar surface area (TPSA) is 107 Å². The van der Waals surface area contributed by atoms with Crippen LogP contribution in [0.25, 0.3) is 16.9 Å². The van der Waals surface area contributed by atoms with Crippen molar-refractivity contribution in [2.75, 3.05) is 0 Å². The number of imidazole rings is 1. The molecule has 0 aliphatic heterocycles. The number of fused-ring (bicyclic) bond motifs is 1. The second kappa shape index (κ2) is 6.85. The van der Waals surface area contributed by atoms with E-state index in [1.54, 1.807) is 34.9 Å². The Balaban J connectivity index is 2.05. The van der Waals surface area contributed by atoms with Crippen LogP contribution in [0.5, 0.6) is 0 Å². The Morgan fingerprint density at radius 2 is 1.74 bits per heavy atom. The van der Waals surface area contributed by atoms with E-state index in [1.165, 1.54) is 12.1 Å². The average molecular weight is 367 g/mol. The van der Waals surface area contributed by atoms with Gasteiger partial charge in [-0.25, -0.2) is 14.6 Å². The zero-order valence-electron chi connectivity index (χ0n) is 15.4. The largest absolute Gasteiger partial charge is 0.478 e. The first-order valence-corrected chi connectivity index (χ1v) is 8.48. The lowest BCUT2D eigenvalue weighted by atomic mass is 10.1. The Bertz CT molecular complexity index is 1010. The maximum absolute atomic E-state index is 12.3. The number of hydrogen-bond donors (Lipinski definition) is 2. The standard InChI is InChI=1S/C20H21N3O4/c1-20(2,3)27-19(26)14-8-9-16-22-17(15(10-21)23(16)11-14)12-4-6-13(7-5-12)18(24)25/h4-9,11H,10,21H2,1-3H3,(H,24,25). The number of rotatable bonds is 4. The van der Waals surface area contributed by atoms with Gasteiger partial charge in [0.1, 0.15) is 11.2 Å². The maximum atomic E-state index is 12.3. The fourth-order valence-corrected chi connectivity index (χ4v) is 2.75. The van der Waals surface area contributed by atoms with E-state index < -0.39 is 17.5 Å². The van der Waals surface area contributed by atoms with E-state index >= 15 is 0 Å². The molecule has 3 rings (SSSR count). The normalized spacial score (nSPS) is 11.6. The summed E-state index contributed by atoms with van der Waals surface area (Å²) in [5, 5.41) is 9.04. The summed E-state index contributed by atoms with van der Waals surface area (Å²) in [6, 6.07) is 9.82. The summed E-state index contributed by atoms with van der Waals surface area (Å²) in [5.74, 6) is -1.41. The number of nitrogens with two attached hydrogens (primary N) is 1. The van der Waals surface area contributed by atoms with E-state index in [9.17, 15) is 9.59 Å². The van der Waals surface area contributed by atoms with Crippen LogP contribution >= 0.6 is 0 Å². The highest BCUT2D eigenvalue weighted by atomic mass is 16.6. The SMILES string of the molecule is CC(C)(C)OC(=O)c1ccc2nc(-c3ccc(C(=O)O)cc3)c(CN)n2c1. The third kappa shape index (κ3) is 3.83. The molecule has 0 bridgehead atoms. The van der Waals surface area contributed by atoms with Crippen LogP contribution in [0.4, 0.5) is 0 Å². The molecule has 0 spiro atoms. The van der Waals surface area contributed by atoms with Crippen LogP contribution < -0.4 is 5.73 Å². The molecule has 0 amide bonds. The first-order valence-electron chi connectivity index (χ1n) is 8.48. The van der Waals surface area contributed by atoms with Crippen LogP contribution in [0.15, 0.2) is 42.6 Å². The van der Waals surface area contributed by atoms with Gasteiger partial charge in [-0.3, -0.25) is 0 Å². The molecule has 0 fully saturated rings. The summed E-state index contributed by atoms with van der Waals surface area (Å²) in [6.07, 6.45) is 1.66. The van der Waals surface area contributed by atoms with Crippen molar-refractivity contribution in [1.29, 1.82) is 0 Å². The van der Waals surface area contributed by atoms with Gasteiger partial charge in [0.2, 0.25) is 0 Å². The van der Waals surface area contributed by atoms with E-state index in [0.29, 0.717) is 16.9 Å². The van der Waals surface area contributed by atoms with Crippen molar-refractivity contribution < 1.29 is 19.4 Å². The molecule has 0 radical (unpaired) electrons. The molecule has 140 valence electrons. The van der Waals surface area contributed by atoms with Crippen molar-refractivity contribution in [3.05, 3.63) is 59.4 Å². The second-order valence-corrected chi connectivity index (χ2v) is 7.14. The molecule has 2 heterocycles. The second-order valence-electron chi connectivity index (χ2n) is 7.14. The van der Waals surface area contributed by atoms with Gasteiger partial charge in [0.25, 0.3) is 0 Å². The van der Waals surface area contributed by atoms with Gasteiger partial charge in [0.15, 0.2) is 0 Å². The van der Waals surface area contributed by atoms with Crippen molar-refractivity contribution in [2.24, 2.45) is 5.73 Å². The molecule has 0 saturated heterocycles. The number of carboxylic acids is 1. The number of esters is 1. The Kier molecular flexibility index (Phi) is 4.72. The Morgan fingerprint density at radius 3 is 2.30 bits per heavy atom. The van der Waals surface area contributed by atoms with Gasteiger partial charge < -0.3 is 20.0 Å². The van der Waals surface area contributed by atoms with Crippen LogP contribution in [0.3, 0.4) is 0 Å². The van der Waals surface area contributed by atoms with Crippen molar-refractivity contribution in [3.63, 3.8) is 0 Å². The smallest absolute Gasteiger partial charge is 0.340 e. The lowest BCUT2D eigenvalue weighted by Crippen LogP contribution is -2.24. The molecule has 0 aliphatic rings. The zero-order chi connectivity index (χ0) is 19.8. The molecule has 27 heavy (non-hydrogen) atoms. The molecule has 0 saturated carbocycles. The van der Waals surface area contributed by atoms with Crippen LogP contribution in [0.2, 0.25) is 0 Å². The molecular formula is C20H21N3O4. The minimum absolute atomic E-state index is 0.198. The van der Waals surface area contributed by atoms with Crippen molar-refractivity contribution in [1.82, 2.24) is 9.38 Å². The van der Waals surface area contributed by atoms with Crippen LogP contribution in [-0.4, -0.2) is 32.0 Å². The number of benzene rings is 1. The molecule has 0 unspecified atom stereocenters. The van der Waals surface area contributed by atoms with E-state index in [4.69, 9.17) is 15.6 Å². The monoisotopic (exact) mass is 367 g/mol. The van der Waals surface area contributed by atoms with Crippen molar-refractivity contribution in [2.45, 2.75) is 32.9 Å². The van der Waals surface area contributed by atoms with Crippen LogP contribution in [0.1, 0.15) is 47.2 Å². The molecule has 0 aliphatic carbocycles. The van der Waals surface area contributed by atoms with Crippen LogP contribution in [-0.2, 0) is 11.3 Å². The Labute approximate surface area is 156 Å². The van der Waals surface area contributed by atoms with Crippen molar-refractivity contribution in [3.8, 4) is 11.3 Å². The summed E-state index contributed by atoms with van der Waals surface area (Å²) in [7, 11) is 0. The summed E-state index contributed by atoms with van der Waals surface area (Å²) >= 11 is 0. The van der Waals surface area contributed by atoms with E-state index in [-0.39, 0.29) is 12.1 Å². The third-order valence-corrected chi connectivity index (χ3v) is 3.95. The van der Waals surface area contributed by atoms with E-state index in [2.05, 4.69) is 4.98 Å². The molecule has 7 nitrogen and oxygen atoms in total. The summed E-state index contributed by atoms with van der Waals surface area (Å²) in [5.41, 5.74) is 8.70. The number of aromatic carboxylic acids is 1. The molecule has 7 heteroatoms. The lowest BCUT2D eigenvalue weighted by Gasteiger charge is -2.19. The Morgan fingerprint density at radius 1 is 1.11 bits per heavy atom. The zero-order valence-corrected chi connectivity index (χ0v) is 15.4. The molecule has 3 N–H and O–H groups in total. The summed E-state index contributed by atoms with van der Waals surface area (Å²) in [4.78, 5) is 28.0. The highest BCUT2D eigenvalue weighted by molar-refractivity contribution is 5.90. The van der Waals surface area contributed by atoms with E-state index in [1.807, 2.05) is 20.8 Å². The molecule has 0 atom stereocenters. The van der Waals surface area contributed by atoms with E-state index in [0.717, 1.165) is 11.3 Å².